The summed E-state index contributed by atoms with van der Waals surface area (Å²) in [6.07, 6.45) is 0.391. The quantitative estimate of drug-likeness (QED) is 0.904. The molecular weight excluding hydrogens is 264 g/mol. The number of nitrogens with zero attached hydrogens (tertiary/aromatic N) is 1. The summed E-state index contributed by atoms with van der Waals surface area (Å²) < 4.78 is 5.13. The predicted molar refractivity (Wildman–Crippen MR) is 85.4 cm³/mol. The maximum atomic E-state index is 11.9. The summed E-state index contributed by atoms with van der Waals surface area (Å²) in [5.74, 6) is 0.838. The van der Waals surface area contributed by atoms with Crippen LogP contribution in [0.2, 0.25) is 0 Å². The van der Waals surface area contributed by atoms with Crippen LogP contribution in [0.25, 0.3) is 0 Å². The molecule has 0 saturated heterocycles. The van der Waals surface area contributed by atoms with Crippen LogP contribution in [0.5, 0.6) is 0 Å². The average molecular weight is 288 g/mol. The number of carbonyl (C=O) groups excluding carboxylic acids is 1. The fourth-order valence-corrected chi connectivity index (χ4v) is 2.00. The first kappa shape index (κ1) is 17.0. The van der Waals surface area contributed by atoms with Crippen molar-refractivity contribution >= 4 is 11.6 Å². The monoisotopic (exact) mass is 288 g/mol. The van der Waals surface area contributed by atoms with Crippen molar-refractivity contribution < 1.29 is 9.32 Å². The summed E-state index contributed by atoms with van der Waals surface area (Å²) in [5.41, 5.74) is 2.70. The third-order valence-electron chi connectivity index (χ3n) is 3.21. The van der Waals surface area contributed by atoms with Gasteiger partial charge in [-0.3, -0.25) is 4.79 Å². The predicted octanol–water partition coefficient (Wildman–Crippen LogP) is 4.45. The zero-order valence-electron chi connectivity index (χ0n) is 13.4. The minimum absolute atomic E-state index is 0.0150. The summed E-state index contributed by atoms with van der Waals surface area (Å²) in [5, 5.41) is 6.89. The first-order chi connectivity index (χ1) is 10.1. The van der Waals surface area contributed by atoms with Gasteiger partial charge < -0.3 is 9.84 Å². The number of rotatable bonds is 4. The Kier molecular flexibility index (Phi) is 6.66. The highest BCUT2D eigenvalue weighted by atomic mass is 16.5. The summed E-state index contributed by atoms with van der Waals surface area (Å²) in [7, 11) is 0. The zero-order valence-corrected chi connectivity index (χ0v) is 13.4. The lowest BCUT2D eigenvalue weighted by Crippen LogP contribution is -2.14. The van der Waals surface area contributed by atoms with Crippen LogP contribution in [-0.2, 0) is 4.79 Å². The maximum Gasteiger partial charge on any atom is 0.225 e. The van der Waals surface area contributed by atoms with Crippen LogP contribution < -0.4 is 5.32 Å². The van der Waals surface area contributed by atoms with Gasteiger partial charge >= 0.3 is 0 Å². The van der Waals surface area contributed by atoms with Crippen LogP contribution >= 0.6 is 0 Å². The van der Waals surface area contributed by atoms with Gasteiger partial charge in [0.2, 0.25) is 5.91 Å². The largest absolute Gasteiger partial charge is 0.361 e. The van der Waals surface area contributed by atoms with Gasteiger partial charge in [0.05, 0.1) is 5.69 Å². The molecule has 0 unspecified atom stereocenters. The molecule has 0 radical (unpaired) electrons. The van der Waals surface area contributed by atoms with Crippen LogP contribution in [0, 0.1) is 13.8 Å². The molecular formula is C17H24N2O2. The summed E-state index contributed by atoms with van der Waals surface area (Å²) in [4.78, 5) is 11.9. The first-order valence-corrected chi connectivity index (χ1v) is 7.35. The molecule has 0 fully saturated rings. The fraction of sp³-hybridized carbons (Fsp3) is 0.412. The Morgan fingerprint density at radius 3 is 2.38 bits per heavy atom. The number of anilines is 1. The van der Waals surface area contributed by atoms with E-state index in [1.165, 1.54) is 0 Å². The van der Waals surface area contributed by atoms with E-state index in [0.29, 0.717) is 6.42 Å². The summed E-state index contributed by atoms with van der Waals surface area (Å²) in [6.45, 7) is 9.82. The molecule has 114 valence electrons. The lowest BCUT2D eigenvalue weighted by atomic mass is 9.99. The smallest absolute Gasteiger partial charge is 0.225 e. The Hall–Kier alpha value is -2.10. The highest BCUT2D eigenvalue weighted by Crippen LogP contribution is 2.23. The van der Waals surface area contributed by atoms with Crippen molar-refractivity contribution in [3.05, 3.63) is 47.3 Å². The highest BCUT2D eigenvalue weighted by Gasteiger charge is 2.18. The minimum Gasteiger partial charge on any atom is -0.361 e. The van der Waals surface area contributed by atoms with Crippen molar-refractivity contribution in [2.75, 3.05) is 5.32 Å². The Morgan fingerprint density at radius 2 is 1.86 bits per heavy atom. The number of aryl methyl sites for hydroxylation is 1. The lowest BCUT2D eigenvalue weighted by molar-refractivity contribution is -0.116. The van der Waals surface area contributed by atoms with Gasteiger partial charge in [0.1, 0.15) is 5.76 Å². The van der Waals surface area contributed by atoms with Crippen LogP contribution in [0.1, 0.15) is 50.1 Å². The molecule has 2 aromatic rings. The second-order valence-corrected chi connectivity index (χ2v) is 4.77. The number of amides is 1. The number of benzene rings is 1. The standard InChI is InChI=1S/C15H18N2O2.C2H6/c1-10(15-11(2)12(3)19-17-15)9-14(18)16-13-7-5-4-6-8-13;1-2/h4-8,10H,9H2,1-3H3,(H,16,18);1-2H3/t10-;/m0./s1. The van der Waals surface area contributed by atoms with E-state index in [1.54, 1.807) is 0 Å². The number of hydrogen-bond acceptors (Lipinski definition) is 3. The van der Waals surface area contributed by atoms with Gasteiger partial charge in [-0.25, -0.2) is 0 Å². The van der Waals surface area contributed by atoms with E-state index in [9.17, 15) is 4.79 Å². The third-order valence-corrected chi connectivity index (χ3v) is 3.21. The van der Waals surface area contributed by atoms with Crippen LogP contribution in [0.15, 0.2) is 34.9 Å². The van der Waals surface area contributed by atoms with Crippen molar-refractivity contribution in [2.45, 2.75) is 47.0 Å². The van der Waals surface area contributed by atoms with E-state index in [1.807, 2.05) is 65.0 Å². The topological polar surface area (TPSA) is 55.1 Å². The van der Waals surface area contributed by atoms with E-state index in [2.05, 4.69) is 10.5 Å². The van der Waals surface area contributed by atoms with Crippen molar-refractivity contribution in [1.29, 1.82) is 0 Å². The SMILES string of the molecule is CC.Cc1onc([C@@H](C)CC(=O)Nc2ccccc2)c1C. The highest BCUT2D eigenvalue weighted by molar-refractivity contribution is 5.91. The van der Waals surface area contributed by atoms with E-state index in [-0.39, 0.29) is 11.8 Å². The van der Waals surface area contributed by atoms with Gasteiger partial charge in [-0.15, -0.1) is 0 Å². The first-order valence-electron chi connectivity index (χ1n) is 7.35. The number of carbonyl (C=O) groups is 1. The van der Waals surface area contributed by atoms with E-state index < -0.39 is 0 Å². The van der Waals surface area contributed by atoms with E-state index in [0.717, 1.165) is 22.7 Å². The van der Waals surface area contributed by atoms with Gasteiger partial charge in [-0.05, 0) is 26.0 Å². The molecule has 1 aromatic carbocycles. The van der Waals surface area contributed by atoms with Crippen molar-refractivity contribution in [1.82, 2.24) is 5.16 Å². The molecule has 1 N–H and O–H groups in total. The molecule has 2 rings (SSSR count). The Bertz CT molecular complexity index is 561. The minimum atomic E-state index is -0.0150. The Morgan fingerprint density at radius 1 is 1.24 bits per heavy atom. The second kappa shape index (κ2) is 8.25. The molecule has 21 heavy (non-hydrogen) atoms. The van der Waals surface area contributed by atoms with Crippen molar-refractivity contribution in [3.8, 4) is 0 Å². The second-order valence-electron chi connectivity index (χ2n) is 4.77. The fourth-order valence-electron chi connectivity index (χ4n) is 2.00. The Balaban J connectivity index is 0.00000106. The molecule has 1 aromatic heterocycles. The molecule has 4 nitrogen and oxygen atoms in total. The van der Waals surface area contributed by atoms with Gasteiger partial charge in [0.25, 0.3) is 0 Å². The third kappa shape index (κ3) is 4.74. The number of nitrogens with one attached hydrogen (secondary N) is 1. The molecule has 1 amide bonds. The molecule has 0 aliphatic rings. The van der Waals surface area contributed by atoms with Gasteiger partial charge in [0, 0.05) is 23.6 Å². The van der Waals surface area contributed by atoms with E-state index >= 15 is 0 Å². The molecule has 1 atom stereocenters. The zero-order chi connectivity index (χ0) is 15.8. The van der Waals surface area contributed by atoms with Crippen LogP contribution in [0.4, 0.5) is 5.69 Å². The normalized spacial score (nSPS) is 11.3. The van der Waals surface area contributed by atoms with Gasteiger partial charge in [0.15, 0.2) is 0 Å². The van der Waals surface area contributed by atoms with Crippen molar-refractivity contribution in [2.24, 2.45) is 0 Å². The summed E-state index contributed by atoms with van der Waals surface area (Å²) >= 11 is 0. The van der Waals surface area contributed by atoms with Crippen LogP contribution in [0.3, 0.4) is 0 Å². The van der Waals surface area contributed by atoms with Gasteiger partial charge in [-0.1, -0.05) is 44.1 Å². The molecule has 0 bridgehead atoms. The number of hydrogen-bond donors (Lipinski definition) is 1. The van der Waals surface area contributed by atoms with E-state index in [4.69, 9.17) is 4.52 Å². The van der Waals surface area contributed by atoms with Crippen molar-refractivity contribution in [3.63, 3.8) is 0 Å². The number of para-hydroxylation sites is 1. The van der Waals surface area contributed by atoms with Crippen LogP contribution in [-0.4, -0.2) is 11.1 Å². The molecule has 4 heteroatoms. The molecule has 0 spiro atoms. The molecule has 0 saturated carbocycles. The maximum absolute atomic E-state index is 11.9. The molecule has 1 heterocycles. The lowest BCUT2D eigenvalue weighted by Gasteiger charge is -2.09. The molecule has 0 aliphatic heterocycles. The average Bonchev–Trinajstić information content (AvgIpc) is 2.82. The number of aromatic nitrogens is 1. The Labute approximate surface area is 126 Å². The molecule has 0 aliphatic carbocycles. The van der Waals surface area contributed by atoms with Gasteiger partial charge in [-0.2, -0.15) is 0 Å². The summed E-state index contributed by atoms with van der Waals surface area (Å²) in [6, 6.07) is 9.44.